The van der Waals surface area contributed by atoms with E-state index in [1.807, 2.05) is 36.5 Å². The molecular formula is C21H23N5O2. The molecule has 0 unspecified atom stereocenters. The van der Waals surface area contributed by atoms with Crippen molar-refractivity contribution in [3.63, 3.8) is 0 Å². The summed E-state index contributed by atoms with van der Waals surface area (Å²) in [5, 5.41) is 20.7. The van der Waals surface area contributed by atoms with Crippen LogP contribution in [0.15, 0.2) is 60.9 Å². The van der Waals surface area contributed by atoms with Crippen LogP contribution in [0.25, 0.3) is 11.3 Å². The second kappa shape index (κ2) is 8.33. The Morgan fingerprint density at radius 3 is 2.79 bits per heavy atom. The Labute approximate surface area is 163 Å². The van der Waals surface area contributed by atoms with Gasteiger partial charge in [0.25, 0.3) is 5.91 Å². The van der Waals surface area contributed by atoms with E-state index in [1.165, 1.54) is 0 Å². The van der Waals surface area contributed by atoms with Gasteiger partial charge in [0.1, 0.15) is 5.69 Å². The van der Waals surface area contributed by atoms with Gasteiger partial charge in [0.2, 0.25) is 0 Å². The Hall–Kier alpha value is -3.03. The highest BCUT2D eigenvalue weighted by atomic mass is 16.3. The minimum absolute atomic E-state index is 0.251. The van der Waals surface area contributed by atoms with Crippen molar-refractivity contribution in [3.05, 3.63) is 72.2 Å². The van der Waals surface area contributed by atoms with Crippen LogP contribution < -0.4 is 5.32 Å². The van der Waals surface area contributed by atoms with Crippen molar-refractivity contribution in [2.75, 3.05) is 13.1 Å². The lowest BCUT2D eigenvalue weighted by Gasteiger charge is -2.36. The lowest BCUT2D eigenvalue weighted by molar-refractivity contribution is 0.0349. The molecule has 7 nitrogen and oxygen atoms in total. The number of carbonyl (C=O) groups excluding carboxylic acids is 1. The van der Waals surface area contributed by atoms with E-state index in [-0.39, 0.29) is 11.9 Å². The number of benzene rings is 1. The van der Waals surface area contributed by atoms with Gasteiger partial charge in [-0.1, -0.05) is 36.4 Å². The first-order chi connectivity index (χ1) is 13.7. The third-order valence-corrected chi connectivity index (χ3v) is 5.05. The van der Waals surface area contributed by atoms with Gasteiger partial charge in [-0.15, -0.1) is 0 Å². The summed E-state index contributed by atoms with van der Waals surface area (Å²) < 4.78 is 0. The smallest absolute Gasteiger partial charge is 0.270 e. The molecule has 3 N–H and O–H groups in total. The van der Waals surface area contributed by atoms with Crippen molar-refractivity contribution >= 4 is 5.91 Å². The number of amides is 1. The number of hydrogen-bond donors (Lipinski definition) is 3. The number of carbonyl (C=O) groups is 1. The van der Waals surface area contributed by atoms with E-state index < -0.39 is 6.10 Å². The molecule has 1 aliphatic rings. The predicted molar refractivity (Wildman–Crippen MR) is 105 cm³/mol. The number of nitrogens with one attached hydrogen (secondary N) is 2. The molecule has 1 aromatic carbocycles. The topological polar surface area (TPSA) is 94.1 Å². The number of aromatic nitrogens is 3. The van der Waals surface area contributed by atoms with Crippen molar-refractivity contribution in [3.8, 4) is 11.3 Å². The van der Waals surface area contributed by atoms with Crippen molar-refractivity contribution in [2.45, 2.75) is 25.1 Å². The van der Waals surface area contributed by atoms with Gasteiger partial charge >= 0.3 is 0 Å². The van der Waals surface area contributed by atoms with E-state index in [2.05, 4.69) is 25.4 Å². The van der Waals surface area contributed by atoms with Crippen molar-refractivity contribution < 1.29 is 9.90 Å². The van der Waals surface area contributed by atoms with Gasteiger partial charge in [-0.3, -0.25) is 19.8 Å². The molecule has 0 bridgehead atoms. The maximum Gasteiger partial charge on any atom is 0.270 e. The molecule has 0 saturated carbocycles. The SMILES string of the molecule is O=C(N[C@@H]1CCN(Cc2cn[nH]c2-c2ccccc2)C[C@H]1O)c1ccccn1. The minimum atomic E-state index is -0.631. The van der Waals surface area contributed by atoms with Crippen LogP contribution in [-0.2, 0) is 6.54 Å². The lowest BCUT2D eigenvalue weighted by Crippen LogP contribution is -2.53. The molecular weight excluding hydrogens is 354 g/mol. The summed E-state index contributed by atoms with van der Waals surface area (Å²) in [5.74, 6) is -0.251. The van der Waals surface area contributed by atoms with Gasteiger partial charge in [-0.25, -0.2) is 0 Å². The maximum atomic E-state index is 12.3. The molecule has 0 aliphatic carbocycles. The van der Waals surface area contributed by atoms with E-state index in [1.54, 1.807) is 24.4 Å². The fourth-order valence-corrected chi connectivity index (χ4v) is 3.58. The molecule has 2 aromatic heterocycles. The van der Waals surface area contributed by atoms with Gasteiger partial charge in [0.15, 0.2) is 0 Å². The number of β-amino-alcohol motifs (C(OH)–C–C–N with tert-alkyl or cyclic N) is 1. The first kappa shape index (κ1) is 18.3. The van der Waals surface area contributed by atoms with E-state index >= 15 is 0 Å². The average molecular weight is 377 g/mol. The van der Waals surface area contributed by atoms with Crippen molar-refractivity contribution in [2.24, 2.45) is 0 Å². The Kier molecular flexibility index (Phi) is 5.45. The summed E-state index contributed by atoms with van der Waals surface area (Å²) in [4.78, 5) is 18.5. The molecule has 7 heteroatoms. The first-order valence-electron chi connectivity index (χ1n) is 9.40. The maximum absolute atomic E-state index is 12.3. The molecule has 0 radical (unpaired) electrons. The molecule has 3 heterocycles. The highest BCUT2D eigenvalue weighted by Crippen LogP contribution is 2.23. The van der Waals surface area contributed by atoms with Gasteiger partial charge < -0.3 is 10.4 Å². The number of piperidine rings is 1. The van der Waals surface area contributed by atoms with E-state index in [9.17, 15) is 9.90 Å². The van der Waals surface area contributed by atoms with Crippen LogP contribution in [0, 0.1) is 0 Å². The molecule has 2 atom stereocenters. The predicted octanol–water partition coefficient (Wildman–Crippen LogP) is 1.84. The monoisotopic (exact) mass is 377 g/mol. The Morgan fingerprint density at radius 1 is 1.21 bits per heavy atom. The van der Waals surface area contributed by atoms with E-state index in [0.29, 0.717) is 25.2 Å². The van der Waals surface area contributed by atoms with Crippen molar-refractivity contribution in [1.29, 1.82) is 0 Å². The summed E-state index contributed by atoms with van der Waals surface area (Å²) in [5.41, 5.74) is 3.55. The number of nitrogens with zero attached hydrogens (tertiary/aromatic N) is 3. The molecule has 1 aliphatic heterocycles. The van der Waals surface area contributed by atoms with Gasteiger partial charge in [0.05, 0.1) is 24.0 Å². The van der Waals surface area contributed by atoms with Crippen molar-refractivity contribution in [1.82, 2.24) is 25.4 Å². The van der Waals surface area contributed by atoms with Gasteiger partial charge in [-0.05, 0) is 24.1 Å². The Balaban J connectivity index is 1.36. The van der Waals surface area contributed by atoms with Crippen LogP contribution in [0.5, 0.6) is 0 Å². The third-order valence-electron chi connectivity index (χ3n) is 5.05. The van der Waals surface area contributed by atoms with Crippen LogP contribution >= 0.6 is 0 Å². The number of aliphatic hydroxyl groups is 1. The van der Waals surface area contributed by atoms with Crippen LogP contribution in [0.4, 0.5) is 0 Å². The van der Waals surface area contributed by atoms with E-state index in [0.717, 1.165) is 23.4 Å². The Morgan fingerprint density at radius 2 is 2.04 bits per heavy atom. The molecule has 144 valence electrons. The van der Waals surface area contributed by atoms with Crippen LogP contribution in [0.1, 0.15) is 22.5 Å². The summed E-state index contributed by atoms with van der Waals surface area (Å²) in [6.07, 6.45) is 3.47. The minimum Gasteiger partial charge on any atom is -0.390 e. The summed E-state index contributed by atoms with van der Waals surface area (Å²) >= 11 is 0. The molecule has 1 saturated heterocycles. The first-order valence-corrected chi connectivity index (χ1v) is 9.40. The fourth-order valence-electron chi connectivity index (χ4n) is 3.58. The summed E-state index contributed by atoms with van der Waals surface area (Å²) in [6.45, 7) is 1.97. The molecule has 4 rings (SSSR count). The average Bonchev–Trinajstić information content (AvgIpc) is 3.19. The summed E-state index contributed by atoms with van der Waals surface area (Å²) in [6, 6.07) is 15.0. The number of H-pyrrole nitrogens is 1. The highest BCUT2D eigenvalue weighted by molar-refractivity contribution is 5.92. The zero-order valence-corrected chi connectivity index (χ0v) is 15.5. The molecule has 3 aromatic rings. The number of aliphatic hydroxyl groups excluding tert-OH is 1. The van der Waals surface area contributed by atoms with Crippen LogP contribution in [-0.4, -0.2) is 56.3 Å². The quantitative estimate of drug-likeness (QED) is 0.631. The highest BCUT2D eigenvalue weighted by Gasteiger charge is 2.29. The summed E-state index contributed by atoms with van der Waals surface area (Å²) in [7, 11) is 0. The Bertz CT molecular complexity index is 913. The van der Waals surface area contributed by atoms with Crippen LogP contribution in [0.2, 0.25) is 0 Å². The molecule has 1 amide bonds. The molecule has 28 heavy (non-hydrogen) atoms. The fraction of sp³-hybridized carbons (Fsp3) is 0.286. The number of hydrogen-bond acceptors (Lipinski definition) is 5. The number of aromatic amines is 1. The zero-order valence-electron chi connectivity index (χ0n) is 15.5. The van der Waals surface area contributed by atoms with Crippen LogP contribution in [0.3, 0.4) is 0 Å². The largest absolute Gasteiger partial charge is 0.390 e. The van der Waals surface area contributed by atoms with Gasteiger partial charge in [-0.2, -0.15) is 5.10 Å². The number of likely N-dealkylation sites (tertiary alicyclic amines) is 1. The molecule has 0 spiro atoms. The zero-order chi connectivity index (χ0) is 19.3. The normalized spacial score (nSPS) is 20.0. The van der Waals surface area contributed by atoms with E-state index in [4.69, 9.17) is 0 Å². The standard InChI is InChI=1S/C21H23N5O2/c27-19-14-26(11-9-17(19)24-21(28)18-8-4-5-10-22-18)13-16-12-23-25-20(16)15-6-2-1-3-7-15/h1-8,10,12,17,19,27H,9,11,13-14H2,(H,23,25)(H,24,28)/t17-,19-/m1/s1. The lowest BCUT2D eigenvalue weighted by atomic mass is 10.0. The molecule has 1 fully saturated rings. The second-order valence-corrected chi connectivity index (χ2v) is 7.02. The third kappa shape index (κ3) is 4.11. The second-order valence-electron chi connectivity index (χ2n) is 7.02. The number of rotatable bonds is 5. The number of pyridine rings is 1. The van der Waals surface area contributed by atoms with Gasteiger partial charge in [0, 0.05) is 31.4 Å².